The van der Waals surface area contributed by atoms with E-state index in [0.29, 0.717) is 11.5 Å². The Morgan fingerprint density at radius 3 is 2.75 bits per heavy atom. The van der Waals surface area contributed by atoms with Gasteiger partial charge in [0.1, 0.15) is 5.82 Å². The zero-order valence-corrected chi connectivity index (χ0v) is 11.7. The molecule has 1 atom stereocenters. The van der Waals surface area contributed by atoms with Crippen molar-refractivity contribution in [2.45, 2.75) is 25.4 Å². The average molecular weight is 274 g/mol. The zero-order valence-electron chi connectivity index (χ0n) is 11.7. The van der Waals surface area contributed by atoms with Gasteiger partial charge in [0.25, 0.3) is 0 Å². The highest BCUT2D eigenvalue weighted by Gasteiger charge is 2.21. The van der Waals surface area contributed by atoms with E-state index in [1.807, 2.05) is 18.2 Å². The van der Waals surface area contributed by atoms with Crippen molar-refractivity contribution >= 4 is 0 Å². The number of hydrogen-bond acceptors (Lipinski definition) is 5. The molecule has 0 saturated carbocycles. The third-order valence-electron chi connectivity index (χ3n) is 3.62. The van der Waals surface area contributed by atoms with Crippen LogP contribution in [0.3, 0.4) is 0 Å². The van der Waals surface area contributed by atoms with Gasteiger partial charge < -0.3 is 19.8 Å². The van der Waals surface area contributed by atoms with Crippen molar-refractivity contribution in [3.63, 3.8) is 0 Å². The number of ether oxygens (including phenoxy) is 2. The summed E-state index contributed by atoms with van der Waals surface area (Å²) in [6.45, 7) is 0.756. The summed E-state index contributed by atoms with van der Waals surface area (Å²) in [4.78, 5) is 0. The molecule has 6 nitrogen and oxygen atoms in total. The molecule has 6 heteroatoms. The summed E-state index contributed by atoms with van der Waals surface area (Å²) in [6.07, 6.45) is 1.84. The van der Waals surface area contributed by atoms with Gasteiger partial charge in [-0.3, -0.25) is 0 Å². The molecule has 0 bridgehead atoms. The Labute approximate surface area is 117 Å². The van der Waals surface area contributed by atoms with Crippen LogP contribution in [0.25, 0.3) is 11.4 Å². The number of fused-ring (bicyclic) bond motifs is 1. The van der Waals surface area contributed by atoms with Crippen LogP contribution in [0.1, 0.15) is 12.2 Å². The van der Waals surface area contributed by atoms with Crippen LogP contribution in [-0.2, 0) is 13.0 Å². The minimum atomic E-state index is 0.164. The van der Waals surface area contributed by atoms with E-state index in [-0.39, 0.29) is 6.04 Å². The monoisotopic (exact) mass is 274 g/mol. The first-order chi connectivity index (χ1) is 9.72. The molecule has 1 aliphatic rings. The Morgan fingerprint density at radius 1 is 1.20 bits per heavy atom. The lowest BCUT2D eigenvalue weighted by atomic mass is 10.1. The Morgan fingerprint density at radius 2 is 2.00 bits per heavy atom. The highest BCUT2D eigenvalue weighted by molar-refractivity contribution is 5.61. The summed E-state index contributed by atoms with van der Waals surface area (Å²) < 4.78 is 12.7. The molecule has 0 saturated heterocycles. The molecule has 2 aromatic rings. The van der Waals surface area contributed by atoms with Crippen molar-refractivity contribution in [1.29, 1.82) is 0 Å². The van der Waals surface area contributed by atoms with Gasteiger partial charge in [0.15, 0.2) is 17.3 Å². The first kappa shape index (κ1) is 12.9. The minimum Gasteiger partial charge on any atom is -0.493 e. The Hall–Kier alpha value is -2.08. The molecule has 3 rings (SSSR count). The van der Waals surface area contributed by atoms with E-state index in [9.17, 15) is 0 Å². The van der Waals surface area contributed by atoms with Crippen LogP contribution in [0.4, 0.5) is 0 Å². The molecule has 20 heavy (non-hydrogen) atoms. The van der Waals surface area contributed by atoms with Crippen LogP contribution in [-0.4, -0.2) is 35.0 Å². The summed E-state index contributed by atoms with van der Waals surface area (Å²) >= 11 is 0. The topological polar surface area (TPSA) is 75.2 Å². The molecular formula is C14H18N4O2. The van der Waals surface area contributed by atoms with Crippen LogP contribution in [0.2, 0.25) is 0 Å². The molecule has 1 aromatic heterocycles. The van der Waals surface area contributed by atoms with Gasteiger partial charge >= 0.3 is 0 Å². The number of nitrogens with zero attached hydrogens (tertiary/aromatic N) is 3. The predicted octanol–water partition coefficient (Wildman–Crippen LogP) is 1.24. The van der Waals surface area contributed by atoms with Crippen LogP contribution in [0.5, 0.6) is 11.5 Å². The van der Waals surface area contributed by atoms with Gasteiger partial charge in [-0.25, -0.2) is 0 Å². The Bertz CT molecular complexity index is 624. The van der Waals surface area contributed by atoms with Crippen LogP contribution >= 0.6 is 0 Å². The number of hydrogen-bond donors (Lipinski definition) is 1. The molecule has 2 N–H and O–H groups in total. The third kappa shape index (κ3) is 2.12. The number of aromatic nitrogens is 3. The van der Waals surface area contributed by atoms with Crippen molar-refractivity contribution in [3.05, 3.63) is 24.0 Å². The lowest BCUT2D eigenvalue weighted by Gasteiger charge is -2.21. The molecule has 0 radical (unpaired) electrons. The van der Waals surface area contributed by atoms with Gasteiger partial charge in [-0.2, -0.15) is 0 Å². The highest BCUT2D eigenvalue weighted by Crippen LogP contribution is 2.32. The highest BCUT2D eigenvalue weighted by atomic mass is 16.5. The molecule has 0 amide bonds. The van der Waals surface area contributed by atoms with E-state index in [1.165, 1.54) is 0 Å². The van der Waals surface area contributed by atoms with Crippen molar-refractivity contribution in [3.8, 4) is 22.9 Å². The van der Waals surface area contributed by atoms with Crippen LogP contribution in [0, 0.1) is 0 Å². The van der Waals surface area contributed by atoms with E-state index in [2.05, 4.69) is 14.8 Å². The second-order valence-electron chi connectivity index (χ2n) is 4.92. The standard InChI is InChI=1S/C14H18N4O2/c1-19-11-5-3-9(7-12(11)20-2)14-17-16-13-6-4-10(15)8-18(13)14/h3,5,7,10H,4,6,8,15H2,1-2H3. The van der Waals surface area contributed by atoms with Gasteiger partial charge in [-0.05, 0) is 24.6 Å². The zero-order chi connectivity index (χ0) is 14.1. The number of rotatable bonds is 3. The second kappa shape index (κ2) is 5.13. The van der Waals surface area contributed by atoms with Gasteiger partial charge in [-0.1, -0.05) is 0 Å². The van der Waals surface area contributed by atoms with Crippen molar-refractivity contribution < 1.29 is 9.47 Å². The largest absolute Gasteiger partial charge is 0.493 e. The van der Waals surface area contributed by atoms with E-state index in [4.69, 9.17) is 15.2 Å². The second-order valence-corrected chi connectivity index (χ2v) is 4.92. The summed E-state index contributed by atoms with van der Waals surface area (Å²) in [7, 11) is 3.24. The summed E-state index contributed by atoms with van der Waals surface area (Å²) in [5, 5.41) is 8.55. The van der Waals surface area contributed by atoms with E-state index in [0.717, 1.165) is 36.6 Å². The molecule has 2 heterocycles. The maximum Gasteiger partial charge on any atom is 0.164 e. The van der Waals surface area contributed by atoms with E-state index in [1.54, 1.807) is 14.2 Å². The predicted molar refractivity (Wildman–Crippen MR) is 74.9 cm³/mol. The first-order valence-corrected chi connectivity index (χ1v) is 6.63. The Kier molecular flexibility index (Phi) is 3.31. The number of methoxy groups -OCH3 is 2. The van der Waals surface area contributed by atoms with Gasteiger partial charge in [0, 0.05) is 24.6 Å². The maximum atomic E-state index is 6.04. The van der Waals surface area contributed by atoms with Crippen molar-refractivity contribution in [1.82, 2.24) is 14.8 Å². The molecule has 0 spiro atoms. The van der Waals surface area contributed by atoms with Gasteiger partial charge in [0.05, 0.1) is 14.2 Å². The molecule has 106 valence electrons. The fourth-order valence-electron chi connectivity index (χ4n) is 2.54. The minimum absolute atomic E-state index is 0.164. The fourth-order valence-corrected chi connectivity index (χ4v) is 2.54. The SMILES string of the molecule is COc1ccc(-c2nnc3n2CC(N)CC3)cc1OC. The number of aryl methyl sites for hydroxylation is 1. The molecule has 1 unspecified atom stereocenters. The molecular weight excluding hydrogens is 256 g/mol. The summed E-state index contributed by atoms with van der Waals surface area (Å²) in [6, 6.07) is 5.91. The molecule has 1 aliphatic heterocycles. The maximum absolute atomic E-state index is 6.04. The molecule has 1 aromatic carbocycles. The van der Waals surface area contributed by atoms with Gasteiger partial charge in [0.2, 0.25) is 0 Å². The number of nitrogens with two attached hydrogens (primary N) is 1. The van der Waals surface area contributed by atoms with Crippen molar-refractivity contribution in [2.24, 2.45) is 5.73 Å². The Balaban J connectivity index is 2.03. The van der Waals surface area contributed by atoms with E-state index >= 15 is 0 Å². The molecule has 0 aliphatic carbocycles. The van der Waals surface area contributed by atoms with Gasteiger partial charge in [-0.15, -0.1) is 10.2 Å². The van der Waals surface area contributed by atoms with Crippen LogP contribution < -0.4 is 15.2 Å². The smallest absolute Gasteiger partial charge is 0.164 e. The average Bonchev–Trinajstić information content (AvgIpc) is 2.89. The quantitative estimate of drug-likeness (QED) is 0.911. The van der Waals surface area contributed by atoms with E-state index < -0.39 is 0 Å². The third-order valence-corrected chi connectivity index (χ3v) is 3.62. The summed E-state index contributed by atoms with van der Waals surface area (Å²) in [5.74, 6) is 3.21. The summed E-state index contributed by atoms with van der Waals surface area (Å²) in [5.41, 5.74) is 6.99. The molecule has 0 fully saturated rings. The lowest BCUT2D eigenvalue weighted by molar-refractivity contribution is 0.355. The first-order valence-electron chi connectivity index (χ1n) is 6.63. The van der Waals surface area contributed by atoms with Crippen molar-refractivity contribution in [2.75, 3.05) is 14.2 Å². The lowest BCUT2D eigenvalue weighted by Crippen LogP contribution is -2.32. The normalized spacial score (nSPS) is 17.6. The van der Waals surface area contributed by atoms with Crippen LogP contribution in [0.15, 0.2) is 18.2 Å². The number of benzene rings is 1. The fraction of sp³-hybridized carbons (Fsp3) is 0.429.